The van der Waals surface area contributed by atoms with E-state index in [4.69, 9.17) is 5.73 Å². The van der Waals surface area contributed by atoms with Crippen LogP contribution in [0.15, 0.2) is 0 Å². The van der Waals surface area contributed by atoms with E-state index in [1.165, 1.54) is 64.6 Å². The Morgan fingerprint density at radius 1 is 1.12 bits per heavy atom. The summed E-state index contributed by atoms with van der Waals surface area (Å²) in [4.78, 5) is 2.67. The molecule has 2 unspecified atom stereocenters. The van der Waals surface area contributed by atoms with Crippen LogP contribution in [0.2, 0.25) is 0 Å². The van der Waals surface area contributed by atoms with Gasteiger partial charge in [-0.25, -0.2) is 0 Å². The summed E-state index contributed by atoms with van der Waals surface area (Å²) >= 11 is 0. The first-order valence-electron chi connectivity index (χ1n) is 7.23. The molecule has 2 N–H and O–H groups in total. The van der Waals surface area contributed by atoms with Gasteiger partial charge >= 0.3 is 0 Å². The van der Waals surface area contributed by atoms with Crippen molar-refractivity contribution in [2.75, 3.05) is 19.6 Å². The van der Waals surface area contributed by atoms with Crippen LogP contribution in [-0.2, 0) is 0 Å². The molecule has 3 heteroatoms. The first-order chi connectivity index (χ1) is 7.75. The van der Waals surface area contributed by atoms with E-state index >= 15 is 0 Å². The van der Waals surface area contributed by atoms with Gasteiger partial charge in [0.2, 0.25) is 0 Å². The summed E-state index contributed by atoms with van der Waals surface area (Å²) in [5.41, 5.74) is 5.99. The molecule has 0 aromatic heterocycles. The van der Waals surface area contributed by atoms with E-state index in [9.17, 15) is 0 Å². The largest absolute Gasteiger partial charge is 0.328 e. The molecule has 102 valence electrons. The standard InChI is InChI=1S/C14H28N2.ClH/c1-12(15)14-8-9-16(11-14)10-13-6-4-2-3-5-7-13;/h12-14H,2-11,15H2,1H3;1H. The van der Waals surface area contributed by atoms with E-state index in [-0.39, 0.29) is 12.4 Å². The van der Waals surface area contributed by atoms with Crippen LogP contribution in [0.3, 0.4) is 0 Å². The summed E-state index contributed by atoms with van der Waals surface area (Å²) in [6.45, 7) is 6.07. The van der Waals surface area contributed by atoms with Gasteiger partial charge in [-0.1, -0.05) is 25.7 Å². The van der Waals surface area contributed by atoms with Crippen molar-refractivity contribution in [3.05, 3.63) is 0 Å². The van der Waals surface area contributed by atoms with Crippen molar-refractivity contribution < 1.29 is 0 Å². The summed E-state index contributed by atoms with van der Waals surface area (Å²) in [6, 6.07) is 0.388. The van der Waals surface area contributed by atoms with Crippen molar-refractivity contribution in [2.45, 2.75) is 57.9 Å². The maximum atomic E-state index is 5.99. The molecule has 2 aliphatic rings. The molecule has 2 rings (SSSR count). The minimum atomic E-state index is 0. The van der Waals surface area contributed by atoms with Crippen LogP contribution in [0, 0.1) is 11.8 Å². The normalized spacial score (nSPS) is 29.6. The third-order valence-electron chi connectivity index (χ3n) is 4.54. The molecule has 1 saturated carbocycles. The van der Waals surface area contributed by atoms with Crippen LogP contribution in [0.1, 0.15) is 51.9 Å². The Morgan fingerprint density at radius 3 is 2.29 bits per heavy atom. The van der Waals surface area contributed by atoms with Gasteiger partial charge in [0.15, 0.2) is 0 Å². The van der Waals surface area contributed by atoms with E-state index in [1.54, 1.807) is 0 Å². The topological polar surface area (TPSA) is 29.3 Å². The van der Waals surface area contributed by atoms with Crippen LogP contribution >= 0.6 is 12.4 Å². The average Bonchev–Trinajstić information content (AvgIpc) is 2.56. The molecule has 1 aliphatic heterocycles. The van der Waals surface area contributed by atoms with Gasteiger partial charge in [-0.05, 0) is 44.6 Å². The fourth-order valence-electron chi connectivity index (χ4n) is 3.37. The zero-order valence-corrected chi connectivity index (χ0v) is 12.1. The fourth-order valence-corrected chi connectivity index (χ4v) is 3.37. The molecule has 1 heterocycles. The lowest BCUT2D eigenvalue weighted by Gasteiger charge is -2.23. The van der Waals surface area contributed by atoms with Crippen molar-refractivity contribution in [1.82, 2.24) is 4.90 Å². The summed E-state index contributed by atoms with van der Waals surface area (Å²) < 4.78 is 0. The number of hydrogen-bond donors (Lipinski definition) is 1. The lowest BCUT2D eigenvalue weighted by atomic mass is 9.99. The molecule has 2 fully saturated rings. The Hall–Kier alpha value is 0.210. The number of hydrogen-bond acceptors (Lipinski definition) is 2. The van der Waals surface area contributed by atoms with Gasteiger partial charge in [-0.3, -0.25) is 0 Å². The molecule has 2 nitrogen and oxygen atoms in total. The van der Waals surface area contributed by atoms with Crippen molar-refractivity contribution in [3.63, 3.8) is 0 Å². The Labute approximate surface area is 113 Å². The Morgan fingerprint density at radius 2 is 1.76 bits per heavy atom. The maximum Gasteiger partial charge on any atom is 0.00514 e. The van der Waals surface area contributed by atoms with E-state index < -0.39 is 0 Å². The second kappa shape index (κ2) is 7.60. The van der Waals surface area contributed by atoms with E-state index in [0.717, 1.165) is 11.8 Å². The van der Waals surface area contributed by atoms with Crippen LogP contribution < -0.4 is 5.73 Å². The van der Waals surface area contributed by atoms with Crippen LogP contribution in [0.4, 0.5) is 0 Å². The monoisotopic (exact) mass is 260 g/mol. The highest BCUT2D eigenvalue weighted by Crippen LogP contribution is 2.26. The second-order valence-corrected chi connectivity index (χ2v) is 6.03. The molecule has 0 bridgehead atoms. The first-order valence-corrected chi connectivity index (χ1v) is 7.23. The number of nitrogens with two attached hydrogens (primary N) is 1. The highest BCUT2D eigenvalue weighted by molar-refractivity contribution is 5.85. The molecule has 0 aromatic rings. The Bertz CT molecular complexity index is 200. The lowest BCUT2D eigenvalue weighted by molar-refractivity contribution is 0.249. The van der Waals surface area contributed by atoms with E-state index in [1.807, 2.05) is 0 Å². The quantitative estimate of drug-likeness (QED) is 0.791. The van der Waals surface area contributed by atoms with Crippen LogP contribution in [0.5, 0.6) is 0 Å². The van der Waals surface area contributed by atoms with Crippen LogP contribution in [-0.4, -0.2) is 30.6 Å². The molecule has 0 radical (unpaired) electrons. The zero-order chi connectivity index (χ0) is 11.4. The molecule has 17 heavy (non-hydrogen) atoms. The molecule has 0 aromatic carbocycles. The average molecular weight is 261 g/mol. The van der Waals surface area contributed by atoms with Crippen LogP contribution in [0.25, 0.3) is 0 Å². The lowest BCUT2D eigenvalue weighted by Crippen LogP contribution is -2.32. The molecular weight excluding hydrogens is 232 g/mol. The molecule has 1 saturated heterocycles. The Balaban J connectivity index is 0.00000144. The van der Waals surface area contributed by atoms with Crippen molar-refractivity contribution in [3.8, 4) is 0 Å². The van der Waals surface area contributed by atoms with Gasteiger partial charge in [0.1, 0.15) is 0 Å². The zero-order valence-electron chi connectivity index (χ0n) is 11.2. The predicted molar refractivity (Wildman–Crippen MR) is 76.6 cm³/mol. The third-order valence-corrected chi connectivity index (χ3v) is 4.54. The maximum absolute atomic E-state index is 5.99. The minimum absolute atomic E-state index is 0. The number of likely N-dealkylation sites (tertiary alicyclic amines) is 1. The van der Waals surface area contributed by atoms with Gasteiger partial charge in [-0.2, -0.15) is 0 Å². The summed E-state index contributed by atoms with van der Waals surface area (Å²) in [7, 11) is 0. The predicted octanol–water partition coefficient (Wildman–Crippen LogP) is 3.05. The van der Waals surface area contributed by atoms with Gasteiger partial charge < -0.3 is 10.6 Å². The highest BCUT2D eigenvalue weighted by atomic mass is 35.5. The van der Waals surface area contributed by atoms with Crippen molar-refractivity contribution >= 4 is 12.4 Å². The van der Waals surface area contributed by atoms with Gasteiger partial charge in [0, 0.05) is 19.1 Å². The van der Waals surface area contributed by atoms with Gasteiger partial charge in [0.25, 0.3) is 0 Å². The van der Waals surface area contributed by atoms with E-state index in [0.29, 0.717) is 6.04 Å². The van der Waals surface area contributed by atoms with Gasteiger partial charge in [0.05, 0.1) is 0 Å². The molecule has 2 atom stereocenters. The molecule has 1 aliphatic carbocycles. The smallest absolute Gasteiger partial charge is 0.00514 e. The SMILES string of the molecule is CC(N)C1CCN(CC2CCCCCC2)C1.Cl. The van der Waals surface area contributed by atoms with Crippen molar-refractivity contribution in [2.24, 2.45) is 17.6 Å². The fraction of sp³-hybridized carbons (Fsp3) is 1.00. The molecule has 0 spiro atoms. The Kier molecular flexibility index (Phi) is 6.83. The number of rotatable bonds is 3. The minimum Gasteiger partial charge on any atom is -0.328 e. The summed E-state index contributed by atoms with van der Waals surface area (Å²) in [6.07, 6.45) is 10.1. The van der Waals surface area contributed by atoms with Crippen molar-refractivity contribution in [1.29, 1.82) is 0 Å². The summed E-state index contributed by atoms with van der Waals surface area (Å²) in [5.74, 6) is 1.74. The second-order valence-electron chi connectivity index (χ2n) is 6.03. The molecular formula is C14H29ClN2. The van der Waals surface area contributed by atoms with E-state index in [2.05, 4.69) is 11.8 Å². The summed E-state index contributed by atoms with van der Waals surface area (Å²) in [5, 5.41) is 0. The molecule has 0 amide bonds. The number of halogens is 1. The highest BCUT2D eigenvalue weighted by Gasteiger charge is 2.26. The number of nitrogens with zero attached hydrogens (tertiary/aromatic N) is 1. The van der Waals surface area contributed by atoms with Gasteiger partial charge in [-0.15, -0.1) is 12.4 Å². The third kappa shape index (κ3) is 4.76. The first kappa shape index (κ1) is 15.3.